The number of nitrogens with zero attached hydrogens (tertiary/aromatic N) is 2. The quantitative estimate of drug-likeness (QED) is 0.325. The molecule has 0 aliphatic carbocycles. The maximum atomic E-state index is 6.63. The van der Waals surface area contributed by atoms with Crippen LogP contribution >= 0.6 is 0 Å². The van der Waals surface area contributed by atoms with E-state index in [2.05, 4.69) is 77.4 Å². The highest BCUT2D eigenvalue weighted by Crippen LogP contribution is 2.54. The number of fused-ring (bicyclic) bond motifs is 4. The lowest BCUT2D eigenvalue weighted by Crippen LogP contribution is -2.38. The molecule has 2 aliphatic heterocycles. The number of aryl methyl sites for hydroxylation is 1. The molecule has 0 N–H and O–H groups in total. The standard InChI is InChI=1S/C29H22N2O3/c1-31-17-21-24-16-30-25(33-24)14-15-29(18-8-4-3-5-9-18)22-12-6-11-20(27(22)34-28(29)32-2)19-10-7-13-23(31)26(19)21/h3-17,28H,1-2H3/b15-14-/t28-,29-/m1/s1. The third-order valence-electron chi connectivity index (χ3n) is 7.11. The Morgan fingerprint density at radius 2 is 1.76 bits per heavy atom. The minimum atomic E-state index is -0.664. The molecule has 0 spiro atoms. The monoisotopic (exact) mass is 446 g/mol. The lowest BCUT2D eigenvalue weighted by molar-refractivity contribution is -0.0645. The number of benzene rings is 3. The van der Waals surface area contributed by atoms with Gasteiger partial charge in [-0.15, -0.1) is 0 Å². The molecule has 34 heavy (non-hydrogen) atoms. The summed E-state index contributed by atoms with van der Waals surface area (Å²) in [4.78, 5) is 4.58. The van der Waals surface area contributed by atoms with Gasteiger partial charge in [-0.1, -0.05) is 66.7 Å². The molecule has 0 saturated carbocycles. The lowest BCUT2D eigenvalue weighted by atomic mass is 9.74. The Balaban J connectivity index is 1.65. The Kier molecular flexibility index (Phi) is 3.96. The fourth-order valence-corrected chi connectivity index (χ4v) is 5.58. The first-order valence-corrected chi connectivity index (χ1v) is 11.3. The van der Waals surface area contributed by atoms with Gasteiger partial charge in [0.2, 0.25) is 12.2 Å². The van der Waals surface area contributed by atoms with Crippen LogP contribution in [0.4, 0.5) is 0 Å². The number of oxazole rings is 1. The van der Waals surface area contributed by atoms with Crippen LogP contribution in [-0.2, 0) is 17.2 Å². The summed E-state index contributed by atoms with van der Waals surface area (Å²) >= 11 is 0. The van der Waals surface area contributed by atoms with Crippen LogP contribution in [-0.4, -0.2) is 23.0 Å². The van der Waals surface area contributed by atoms with Crippen LogP contribution in [0.5, 0.6) is 5.75 Å². The first-order valence-electron chi connectivity index (χ1n) is 11.3. The van der Waals surface area contributed by atoms with Gasteiger partial charge in [-0.25, -0.2) is 4.98 Å². The maximum Gasteiger partial charge on any atom is 0.219 e. The van der Waals surface area contributed by atoms with Gasteiger partial charge in [0.15, 0.2) is 5.76 Å². The molecule has 5 nitrogen and oxygen atoms in total. The highest BCUT2D eigenvalue weighted by atomic mass is 16.7. The van der Waals surface area contributed by atoms with Gasteiger partial charge in [0.1, 0.15) is 11.2 Å². The number of hydrogen-bond donors (Lipinski definition) is 0. The SMILES string of the molecule is CO[C@@H]1Oc2c3cccc2[C@]1(c1ccccc1)/C=C\c1ncc(o1)-c1cn(C)c2cccc-3c12. The second kappa shape index (κ2) is 6.95. The topological polar surface area (TPSA) is 49.4 Å². The van der Waals surface area contributed by atoms with Crippen LogP contribution in [0.15, 0.2) is 89.6 Å². The molecule has 0 amide bonds. The van der Waals surface area contributed by atoms with Crippen molar-refractivity contribution < 1.29 is 13.9 Å². The molecule has 5 aromatic rings. The summed E-state index contributed by atoms with van der Waals surface area (Å²) in [6.07, 6.45) is 7.40. The smallest absolute Gasteiger partial charge is 0.219 e. The first kappa shape index (κ1) is 19.4. The normalized spacial score (nSPS) is 21.1. The number of ether oxygens (including phenoxy) is 2. The van der Waals surface area contributed by atoms with Crippen molar-refractivity contribution in [1.29, 1.82) is 0 Å². The van der Waals surface area contributed by atoms with E-state index in [4.69, 9.17) is 13.9 Å². The molecule has 3 aromatic carbocycles. The Bertz CT molecular complexity index is 1590. The van der Waals surface area contributed by atoms with Crippen molar-refractivity contribution in [1.82, 2.24) is 9.55 Å². The van der Waals surface area contributed by atoms with E-state index < -0.39 is 11.7 Å². The number of rotatable bonds is 2. The summed E-state index contributed by atoms with van der Waals surface area (Å²) < 4.78 is 21.0. The fourth-order valence-electron chi connectivity index (χ4n) is 5.58. The van der Waals surface area contributed by atoms with Gasteiger partial charge in [-0.2, -0.15) is 0 Å². The van der Waals surface area contributed by atoms with Gasteiger partial charge in [-0.05, 0) is 23.3 Å². The average Bonchev–Trinajstić information content (AvgIpc) is 3.57. The van der Waals surface area contributed by atoms with E-state index in [9.17, 15) is 0 Å². The molecule has 2 aliphatic rings. The summed E-state index contributed by atoms with van der Waals surface area (Å²) in [7, 11) is 3.75. The second-order valence-electron chi connectivity index (χ2n) is 8.85. The molecule has 5 heteroatoms. The van der Waals surface area contributed by atoms with E-state index >= 15 is 0 Å². The summed E-state index contributed by atoms with van der Waals surface area (Å²) in [5.41, 5.74) is 5.72. The van der Waals surface area contributed by atoms with Crippen molar-refractivity contribution in [2.24, 2.45) is 7.05 Å². The molecule has 0 radical (unpaired) electrons. The maximum absolute atomic E-state index is 6.63. The molecule has 0 saturated heterocycles. The zero-order valence-electron chi connectivity index (χ0n) is 18.9. The van der Waals surface area contributed by atoms with Crippen LogP contribution < -0.4 is 4.74 Å². The molecule has 2 aromatic heterocycles. The lowest BCUT2D eigenvalue weighted by Gasteiger charge is -2.31. The third kappa shape index (κ3) is 2.45. The van der Waals surface area contributed by atoms with Crippen molar-refractivity contribution in [2.45, 2.75) is 11.7 Å². The summed E-state index contributed by atoms with van der Waals surface area (Å²) in [6.45, 7) is 0. The minimum Gasteiger partial charge on any atom is -0.462 e. The van der Waals surface area contributed by atoms with Gasteiger partial charge in [0, 0.05) is 47.9 Å². The molecule has 0 fully saturated rings. The predicted molar refractivity (Wildman–Crippen MR) is 132 cm³/mol. The van der Waals surface area contributed by atoms with E-state index in [-0.39, 0.29) is 0 Å². The number of methoxy groups -OCH3 is 1. The fraction of sp³-hybridized carbons (Fsp3) is 0.138. The molecule has 7 rings (SSSR count). The molecule has 166 valence electrons. The predicted octanol–water partition coefficient (Wildman–Crippen LogP) is 6.18. The van der Waals surface area contributed by atoms with E-state index in [1.165, 1.54) is 0 Å². The van der Waals surface area contributed by atoms with Crippen molar-refractivity contribution in [3.8, 4) is 28.2 Å². The van der Waals surface area contributed by atoms with Crippen LogP contribution in [0, 0.1) is 0 Å². The van der Waals surface area contributed by atoms with Crippen LogP contribution in [0.1, 0.15) is 17.0 Å². The number of para-hydroxylation sites is 1. The van der Waals surface area contributed by atoms with Gasteiger partial charge in [0.25, 0.3) is 0 Å². The summed E-state index contributed by atoms with van der Waals surface area (Å²) in [5.74, 6) is 2.12. The number of aromatic nitrogens is 2. The molecular weight excluding hydrogens is 424 g/mol. The minimum absolute atomic E-state index is 0.542. The van der Waals surface area contributed by atoms with Gasteiger partial charge < -0.3 is 18.5 Å². The van der Waals surface area contributed by atoms with E-state index in [1.807, 2.05) is 24.3 Å². The van der Waals surface area contributed by atoms with Gasteiger partial charge in [-0.3, -0.25) is 0 Å². The second-order valence-corrected chi connectivity index (χ2v) is 8.85. The Morgan fingerprint density at radius 3 is 2.62 bits per heavy atom. The highest BCUT2D eigenvalue weighted by Gasteiger charge is 2.50. The Morgan fingerprint density at radius 1 is 0.941 bits per heavy atom. The van der Waals surface area contributed by atoms with Crippen molar-refractivity contribution in [2.75, 3.05) is 7.11 Å². The van der Waals surface area contributed by atoms with Crippen LogP contribution in [0.25, 0.3) is 39.4 Å². The van der Waals surface area contributed by atoms with Crippen molar-refractivity contribution in [3.63, 3.8) is 0 Å². The largest absolute Gasteiger partial charge is 0.462 e. The van der Waals surface area contributed by atoms with Crippen LogP contribution in [0.2, 0.25) is 0 Å². The van der Waals surface area contributed by atoms with Gasteiger partial charge in [0.05, 0.1) is 6.20 Å². The molecule has 4 heterocycles. The number of hydrogen-bond acceptors (Lipinski definition) is 4. The van der Waals surface area contributed by atoms with E-state index in [1.54, 1.807) is 13.3 Å². The molecule has 6 bridgehead atoms. The third-order valence-corrected chi connectivity index (χ3v) is 7.11. The highest BCUT2D eigenvalue weighted by molar-refractivity contribution is 6.06. The molecule has 2 atom stereocenters. The molecule has 0 unspecified atom stereocenters. The average molecular weight is 447 g/mol. The Hall–Kier alpha value is -4.09. The van der Waals surface area contributed by atoms with Crippen molar-refractivity contribution in [3.05, 3.63) is 102 Å². The zero-order chi connectivity index (χ0) is 22.9. The van der Waals surface area contributed by atoms with E-state index in [0.29, 0.717) is 5.89 Å². The summed E-state index contributed by atoms with van der Waals surface area (Å²) in [6, 6.07) is 23.1. The molecular formula is C29H22N2O3. The Labute approximate surface area is 196 Å². The van der Waals surface area contributed by atoms with Gasteiger partial charge >= 0.3 is 0 Å². The van der Waals surface area contributed by atoms with Crippen LogP contribution in [0.3, 0.4) is 0 Å². The summed E-state index contributed by atoms with van der Waals surface area (Å²) in [5, 5.41) is 1.11. The van der Waals surface area contributed by atoms with Crippen molar-refractivity contribution >= 4 is 17.0 Å². The first-order chi connectivity index (χ1) is 16.7. The zero-order valence-corrected chi connectivity index (χ0v) is 18.9. The van der Waals surface area contributed by atoms with E-state index in [0.717, 1.165) is 50.2 Å².